The number of fused-ring (bicyclic) bond motifs is 2. The fourth-order valence-electron chi connectivity index (χ4n) is 2.99. The molecule has 2 bridgehead atoms. The predicted octanol–water partition coefficient (Wildman–Crippen LogP) is 1.59. The van der Waals surface area contributed by atoms with Gasteiger partial charge in [0, 0.05) is 6.04 Å². The maximum Gasteiger partial charge on any atom is 0.150 e. The molecular weight excluding hydrogens is 150 g/mol. The van der Waals surface area contributed by atoms with E-state index < -0.39 is 0 Å². The smallest absolute Gasteiger partial charge is 0.150 e. The lowest BCUT2D eigenvalue weighted by molar-refractivity contribution is -0.129. The number of hydrogen-bond donors (Lipinski definition) is 0. The molecule has 2 nitrogen and oxygen atoms in total. The molecule has 2 rings (SSSR count). The van der Waals surface area contributed by atoms with Crippen molar-refractivity contribution in [3.05, 3.63) is 0 Å². The molecule has 2 fully saturated rings. The lowest BCUT2D eigenvalue weighted by atomic mass is 9.85. The second-order valence-electron chi connectivity index (χ2n) is 4.28. The van der Waals surface area contributed by atoms with Crippen molar-refractivity contribution in [2.75, 3.05) is 7.05 Å². The predicted molar refractivity (Wildman–Crippen MR) is 48.0 cm³/mol. The Labute approximate surface area is 73.9 Å². The number of carbonyl (C=O) groups is 1. The first-order valence-corrected chi connectivity index (χ1v) is 4.91. The minimum absolute atomic E-state index is 0.0527. The van der Waals surface area contributed by atoms with Crippen LogP contribution >= 0.6 is 0 Å². The van der Waals surface area contributed by atoms with Gasteiger partial charge in [-0.3, -0.25) is 9.69 Å². The van der Waals surface area contributed by atoms with Gasteiger partial charge in [-0.2, -0.15) is 0 Å². The quantitative estimate of drug-likeness (QED) is 0.591. The fraction of sp³-hybridized carbons (Fsp3) is 0.900. The van der Waals surface area contributed by atoms with Crippen LogP contribution in [0.3, 0.4) is 0 Å². The highest BCUT2D eigenvalue weighted by Gasteiger charge is 2.49. The lowest BCUT2D eigenvalue weighted by Crippen LogP contribution is -2.52. The van der Waals surface area contributed by atoms with E-state index in [1.165, 1.54) is 19.3 Å². The van der Waals surface area contributed by atoms with Crippen molar-refractivity contribution in [3.63, 3.8) is 0 Å². The molecule has 0 aromatic rings. The van der Waals surface area contributed by atoms with Gasteiger partial charge in [0.2, 0.25) is 0 Å². The maximum atomic E-state index is 11.5. The maximum absolute atomic E-state index is 11.5. The van der Waals surface area contributed by atoms with Crippen LogP contribution in [-0.2, 0) is 4.79 Å². The third-order valence-electron chi connectivity index (χ3n) is 3.90. The highest BCUT2D eigenvalue weighted by atomic mass is 16.1. The molecule has 2 atom stereocenters. The molecule has 2 heteroatoms. The van der Waals surface area contributed by atoms with E-state index in [0.717, 1.165) is 12.8 Å². The summed E-state index contributed by atoms with van der Waals surface area (Å²) in [6.07, 6.45) is 5.97. The van der Waals surface area contributed by atoms with Crippen LogP contribution in [0.15, 0.2) is 0 Å². The van der Waals surface area contributed by atoms with Crippen molar-refractivity contribution in [3.8, 4) is 0 Å². The van der Waals surface area contributed by atoms with Crippen LogP contribution in [0.1, 0.15) is 39.0 Å². The average Bonchev–Trinajstić information content (AvgIpc) is 2.28. The topological polar surface area (TPSA) is 20.3 Å². The van der Waals surface area contributed by atoms with Gasteiger partial charge in [-0.25, -0.2) is 0 Å². The standard InChI is InChI=1S/C10H17NO/c1-8(12)10-6-3-4-9(5-7-10)11(10)2/h9H,3-7H2,1-2H3/t9-,10+/m1/s1. The average molecular weight is 167 g/mol. The van der Waals surface area contributed by atoms with Crippen LogP contribution in [0.2, 0.25) is 0 Å². The van der Waals surface area contributed by atoms with E-state index in [0.29, 0.717) is 11.8 Å². The SMILES string of the molecule is CC(=O)[C@]12CCC[C@H](CC1)N2C. The molecule has 12 heavy (non-hydrogen) atoms. The summed E-state index contributed by atoms with van der Waals surface area (Å²) in [6, 6.07) is 0.697. The van der Waals surface area contributed by atoms with Crippen molar-refractivity contribution in [2.24, 2.45) is 0 Å². The van der Waals surface area contributed by atoms with E-state index in [1.807, 2.05) is 0 Å². The summed E-state index contributed by atoms with van der Waals surface area (Å²) < 4.78 is 0. The third kappa shape index (κ3) is 0.875. The van der Waals surface area contributed by atoms with Crippen LogP contribution in [0, 0.1) is 0 Å². The Kier molecular flexibility index (Phi) is 1.76. The zero-order chi connectivity index (χ0) is 8.77. The summed E-state index contributed by atoms with van der Waals surface area (Å²) in [7, 11) is 2.12. The number of hydrogen-bond acceptors (Lipinski definition) is 2. The molecule has 2 aliphatic rings. The Balaban J connectivity index is 2.29. The number of piperidine rings is 1. The Morgan fingerprint density at radius 1 is 1.42 bits per heavy atom. The summed E-state index contributed by atoms with van der Waals surface area (Å²) in [6.45, 7) is 1.75. The molecule has 68 valence electrons. The molecular formula is C10H17NO. The van der Waals surface area contributed by atoms with Gasteiger partial charge in [-0.05, 0) is 46.1 Å². The number of rotatable bonds is 1. The molecule has 0 spiro atoms. The summed E-state index contributed by atoms with van der Waals surface area (Å²) in [4.78, 5) is 13.9. The van der Waals surface area contributed by atoms with E-state index in [4.69, 9.17) is 0 Å². The van der Waals surface area contributed by atoms with Crippen LogP contribution in [0.5, 0.6) is 0 Å². The van der Waals surface area contributed by atoms with Gasteiger partial charge in [0.05, 0.1) is 5.54 Å². The lowest BCUT2D eigenvalue weighted by Gasteiger charge is -2.40. The number of nitrogens with zero attached hydrogens (tertiary/aromatic N) is 1. The van der Waals surface area contributed by atoms with E-state index >= 15 is 0 Å². The van der Waals surface area contributed by atoms with Crippen molar-refractivity contribution in [2.45, 2.75) is 50.6 Å². The molecule has 2 saturated heterocycles. The highest BCUT2D eigenvalue weighted by Crippen LogP contribution is 2.43. The number of carbonyl (C=O) groups excluding carboxylic acids is 1. The van der Waals surface area contributed by atoms with E-state index in [-0.39, 0.29) is 5.54 Å². The molecule has 0 amide bonds. The zero-order valence-corrected chi connectivity index (χ0v) is 7.97. The molecule has 0 N–H and O–H groups in total. The number of ketones is 1. The Morgan fingerprint density at radius 2 is 2.17 bits per heavy atom. The second kappa shape index (κ2) is 2.56. The van der Waals surface area contributed by atoms with E-state index in [2.05, 4.69) is 11.9 Å². The number of Topliss-reactive ketones (excluding diaryl/α,β-unsaturated/α-hetero) is 1. The highest BCUT2D eigenvalue weighted by molar-refractivity contribution is 5.86. The molecule has 0 aromatic heterocycles. The van der Waals surface area contributed by atoms with Gasteiger partial charge in [-0.1, -0.05) is 0 Å². The Hall–Kier alpha value is -0.370. The minimum Gasteiger partial charge on any atom is -0.298 e. The summed E-state index contributed by atoms with van der Waals surface area (Å²) in [5.41, 5.74) is -0.0527. The van der Waals surface area contributed by atoms with Gasteiger partial charge in [0.25, 0.3) is 0 Å². The van der Waals surface area contributed by atoms with Crippen LogP contribution < -0.4 is 0 Å². The molecule has 2 aliphatic heterocycles. The van der Waals surface area contributed by atoms with Gasteiger partial charge in [0.15, 0.2) is 0 Å². The van der Waals surface area contributed by atoms with Gasteiger partial charge in [-0.15, -0.1) is 0 Å². The van der Waals surface area contributed by atoms with Crippen LogP contribution in [0.4, 0.5) is 0 Å². The fourth-order valence-corrected chi connectivity index (χ4v) is 2.99. The Morgan fingerprint density at radius 3 is 2.75 bits per heavy atom. The van der Waals surface area contributed by atoms with Crippen LogP contribution in [-0.4, -0.2) is 29.3 Å². The van der Waals surface area contributed by atoms with Crippen molar-refractivity contribution < 1.29 is 4.79 Å². The zero-order valence-electron chi connectivity index (χ0n) is 7.97. The van der Waals surface area contributed by atoms with Gasteiger partial charge in [0.1, 0.15) is 5.78 Å². The molecule has 0 radical (unpaired) electrons. The first-order chi connectivity index (χ1) is 5.67. The van der Waals surface area contributed by atoms with Crippen molar-refractivity contribution >= 4 is 5.78 Å². The van der Waals surface area contributed by atoms with Crippen molar-refractivity contribution in [1.29, 1.82) is 0 Å². The minimum atomic E-state index is -0.0527. The normalized spacial score (nSPS) is 41.7. The summed E-state index contributed by atoms with van der Waals surface area (Å²) in [5.74, 6) is 0.382. The van der Waals surface area contributed by atoms with Gasteiger partial charge < -0.3 is 0 Å². The largest absolute Gasteiger partial charge is 0.298 e. The number of likely N-dealkylation sites (N-methyl/N-ethyl adjacent to an activating group) is 1. The van der Waals surface area contributed by atoms with E-state index in [9.17, 15) is 4.79 Å². The van der Waals surface area contributed by atoms with Crippen LogP contribution in [0.25, 0.3) is 0 Å². The Bertz CT molecular complexity index is 210. The summed E-state index contributed by atoms with van der Waals surface area (Å²) >= 11 is 0. The second-order valence-corrected chi connectivity index (χ2v) is 4.28. The molecule has 0 aromatic carbocycles. The third-order valence-corrected chi connectivity index (χ3v) is 3.90. The van der Waals surface area contributed by atoms with E-state index in [1.54, 1.807) is 6.92 Å². The summed E-state index contributed by atoms with van der Waals surface area (Å²) in [5, 5.41) is 0. The first-order valence-electron chi connectivity index (χ1n) is 4.91. The monoisotopic (exact) mass is 167 g/mol. The molecule has 0 saturated carbocycles. The first kappa shape index (κ1) is 8.24. The molecule has 0 unspecified atom stereocenters. The molecule has 2 heterocycles. The van der Waals surface area contributed by atoms with Gasteiger partial charge >= 0.3 is 0 Å². The van der Waals surface area contributed by atoms with Crippen molar-refractivity contribution in [1.82, 2.24) is 4.90 Å². The molecule has 0 aliphatic carbocycles.